The van der Waals surface area contributed by atoms with Crippen molar-refractivity contribution in [1.82, 2.24) is 24.6 Å². The maximum absolute atomic E-state index is 13.7. The molecular weight excluding hydrogens is 694 g/mol. The summed E-state index contributed by atoms with van der Waals surface area (Å²) in [5.41, 5.74) is 0.714. The number of carbonyl (C=O) groups is 1. The highest BCUT2D eigenvalue weighted by molar-refractivity contribution is 7.89. The van der Waals surface area contributed by atoms with Crippen molar-refractivity contribution in [3.8, 4) is 17.5 Å². The molecule has 20 heteroatoms. The van der Waals surface area contributed by atoms with Crippen LogP contribution in [-0.4, -0.2) is 79.1 Å². The molecular formula is C28H28F6N6O6S2. The van der Waals surface area contributed by atoms with E-state index in [2.05, 4.69) is 29.7 Å². The molecule has 3 heterocycles. The molecule has 48 heavy (non-hydrogen) atoms. The van der Waals surface area contributed by atoms with E-state index in [1.54, 1.807) is 4.90 Å². The minimum atomic E-state index is -4.98. The van der Waals surface area contributed by atoms with E-state index in [1.165, 1.54) is 36.8 Å². The second-order valence-electron chi connectivity index (χ2n) is 9.55. The molecule has 0 bridgehead atoms. The van der Waals surface area contributed by atoms with Gasteiger partial charge in [0.05, 0.1) is 22.9 Å². The maximum atomic E-state index is 13.7. The number of alkyl halides is 6. The number of nitrogens with one attached hydrogen (secondary N) is 1. The quantitative estimate of drug-likeness (QED) is 0.232. The Hall–Kier alpha value is -4.43. The lowest BCUT2D eigenvalue weighted by Gasteiger charge is -2.39. The van der Waals surface area contributed by atoms with Crippen LogP contribution in [0.2, 0.25) is 0 Å². The molecule has 1 amide bonds. The molecule has 1 atom stereocenters. The summed E-state index contributed by atoms with van der Waals surface area (Å²) in [5, 5.41) is 3.02. The van der Waals surface area contributed by atoms with Gasteiger partial charge in [0.15, 0.2) is 10.8 Å². The topological polar surface area (TPSA) is 136 Å². The number of thiazole rings is 1. The van der Waals surface area contributed by atoms with Crippen LogP contribution in [0.25, 0.3) is 10.3 Å². The van der Waals surface area contributed by atoms with Crippen LogP contribution in [0, 0.1) is 0 Å². The number of fused-ring (bicyclic) bond motifs is 1. The van der Waals surface area contributed by atoms with E-state index >= 15 is 0 Å². The van der Waals surface area contributed by atoms with Crippen molar-refractivity contribution in [3.05, 3.63) is 60.3 Å². The number of hydrogen-bond donors (Lipinski definition) is 1. The number of sulfonamides is 1. The lowest BCUT2D eigenvalue weighted by atomic mass is 10.1. The van der Waals surface area contributed by atoms with Crippen LogP contribution in [0.3, 0.4) is 0 Å². The molecule has 2 aromatic carbocycles. The second kappa shape index (κ2) is 14.8. The van der Waals surface area contributed by atoms with E-state index in [9.17, 15) is 39.6 Å². The first-order valence-electron chi connectivity index (χ1n) is 14.0. The van der Waals surface area contributed by atoms with Crippen LogP contribution in [0.15, 0.2) is 59.6 Å². The van der Waals surface area contributed by atoms with Gasteiger partial charge in [-0.3, -0.25) is 4.79 Å². The predicted octanol–water partition coefficient (Wildman–Crippen LogP) is 5.11. The van der Waals surface area contributed by atoms with Gasteiger partial charge in [-0.05, 0) is 42.0 Å². The van der Waals surface area contributed by atoms with E-state index in [0.29, 0.717) is 21.0 Å². The third-order valence-electron chi connectivity index (χ3n) is 6.49. The second-order valence-corrected chi connectivity index (χ2v) is 12.4. The molecule has 0 radical (unpaired) electrons. The SMILES string of the molecule is CC.COc1ncc2sc(N3CCN(S(=O)(=O)c4ccc(OC(F)(F)F)cc4)[C@@H](C(=O)NCc4ccc(OC(F)(F)F)cc4)C3)nc2n1. The van der Waals surface area contributed by atoms with Crippen molar-refractivity contribution in [3.63, 3.8) is 0 Å². The molecule has 1 saturated heterocycles. The Morgan fingerprint density at radius 1 is 0.938 bits per heavy atom. The largest absolute Gasteiger partial charge is 0.573 e. The van der Waals surface area contributed by atoms with Crippen molar-refractivity contribution in [2.45, 2.75) is 44.1 Å². The third kappa shape index (κ3) is 9.13. The van der Waals surface area contributed by atoms with Crippen molar-refractivity contribution in [2.24, 2.45) is 0 Å². The fraction of sp³-hybridized carbons (Fsp3) is 0.357. The van der Waals surface area contributed by atoms with E-state index in [-0.39, 0.29) is 37.1 Å². The van der Waals surface area contributed by atoms with Gasteiger partial charge in [0.1, 0.15) is 17.5 Å². The summed E-state index contributed by atoms with van der Waals surface area (Å²) in [7, 11) is -3.04. The smallest absolute Gasteiger partial charge is 0.467 e. The summed E-state index contributed by atoms with van der Waals surface area (Å²) in [6, 6.07) is 6.99. The lowest BCUT2D eigenvalue weighted by molar-refractivity contribution is -0.275. The number of nitrogens with zero attached hydrogens (tertiary/aromatic N) is 5. The lowest BCUT2D eigenvalue weighted by Crippen LogP contribution is -2.60. The molecule has 5 rings (SSSR count). The molecule has 260 valence electrons. The fourth-order valence-corrected chi connectivity index (χ4v) is 6.93. The molecule has 0 spiro atoms. The normalized spacial score (nSPS) is 15.8. The Kier molecular flexibility index (Phi) is 11.2. The number of hydrogen-bond acceptors (Lipinski definition) is 11. The van der Waals surface area contributed by atoms with Crippen molar-refractivity contribution >= 4 is 42.7 Å². The van der Waals surface area contributed by atoms with E-state index in [0.717, 1.165) is 40.7 Å². The van der Waals surface area contributed by atoms with Gasteiger partial charge in [0, 0.05) is 26.2 Å². The van der Waals surface area contributed by atoms with Gasteiger partial charge in [-0.1, -0.05) is 37.3 Å². The number of piperazine rings is 1. The first kappa shape index (κ1) is 36.4. The summed E-state index contributed by atoms with van der Waals surface area (Å²) in [6.07, 6.45) is -8.36. The van der Waals surface area contributed by atoms with Gasteiger partial charge in [-0.15, -0.1) is 26.3 Å². The van der Waals surface area contributed by atoms with Crippen LogP contribution in [0.5, 0.6) is 17.5 Å². The zero-order valence-corrected chi connectivity index (χ0v) is 27.0. The number of amides is 1. The zero-order valence-electron chi connectivity index (χ0n) is 25.4. The molecule has 4 aromatic rings. The molecule has 2 aromatic heterocycles. The number of carbonyl (C=O) groups excluding carboxylic acids is 1. The zero-order chi connectivity index (χ0) is 35.3. The standard InChI is InChI=1S/C26H22F6N6O6S2.C2H6/c1-42-23-34-13-20-21(35-23)36-24(45-20)37-10-11-38(46(40,41)18-8-6-17(7-9-18)44-26(30,31)32)19(14-37)22(39)33-12-15-2-4-16(5-3-15)43-25(27,28)29;1-2/h2-9,13,19H,10-12,14H2,1H3,(H,33,39);1-2H3/t19-;/m1./s1. The molecule has 0 saturated carbocycles. The molecule has 0 aliphatic carbocycles. The average Bonchev–Trinajstić information content (AvgIpc) is 3.47. The van der Waals surface area contributed by atoms with Gasteiger partial charge in [-0.2, -0.15) is 14.3 Å². The van der Waals surface area contributed by atoms with Crippen molar-refractivity contribution < 1.29 is 53.8 Å². The first-order valence-corrected chi connectivity index (χ1v) is 16.3. The number of ether oxygens (including phenoxy) is 3. The number of halogens is 6. The van der Waals surface area contributed by atoms with Crippen LogP contribution in [0.1, 0.15) is 19.4 Å². The first-order chi connectivity index (χ1) is 22.6. The number of rotatable bonds is 9. The summed E-state index contributed by atoms with van der Waals surface area (Å²) >= 11 is 1.20. The summed E-state index contributed by atoms with van der Waals surface area (Å²) in [6.45, 7) is 3.53. The number of methoxy groups -OCH3 is 1. The summed E-state index contributed by atoms with van der Waals surface area (Å²) < 4.78 is 117. The molecule has 1 aliphatic heterocycles. The van der Waals surface area contributed by atoms with Crippen LogP contribution >= 0.6 is 11.3 Å². The van der Waals surface area contributed by atoms with Crippen LogP contribution < -0.4 is 24.4 Å². The van der Waals surface area contributed by atoms with Crippen LogP contribution in [-0.2, 0) is 21.4 Å². The highest BCUT2D eigenvalue weighted by Gasteiger charge is 2.41. The number of benzene rings is 2. The summed E-state index contributed by atoms with van der Waals surface area (Å²) in [5.74, 6) is -1.84. The van der Waals surface area contributed by atoms with E-state index in [1.807, 2.05) is 13.8 Å². The molecule has 1 N–H and O–H groups in total. The van der Waals surface area contributed by atoms with Gasteiger partial charge in [0.2, 0.25) is 15.9 Å². The Bertz CT molecular complexity index is 1800. The third-order valence-corrected chi connectivity index (χ3v) is 9.45. The van der Waals surface area contributed by atoms with E-state index in [4.69, 9.17) is 4.74 Å². The summed E-state index contributed by atoms with van der Waals surface area (Å²) in [4.78, 5) is 27.5. The monoisotopic (exact) mass is 722 g/mol. The maximum Gasteiger partial charge on any atom is 0.573 e. The highest BCUT2D eigenvalue weighted by atomic mass is 32.2. The molecule has 1 aliphatic rings. The molecule has 12 nitrogen and oxygen atoms in total. The Morgan fingerprint density at radius 2 is 1.52 bits per heavy atom. The number of aromatic nitrogens is 3. The minimum Gasteiger partial charge on any atom is -0.467 e. The Balaban J connectivity index is 0.00000255. The predicted molar refractivity (Wildman–Crippen MR) is 161 cm³/mol. The molecule has 1 fully saturated rings. The average molecular weight is 723 g/mol. The van der Waals surface area contributed by atoms with Gasteiger partial charge >= 0.3 is 18.7 Å². The van der Waals surface area contributed by atoms with E-state index < -0.39 is 46.2 Å². The van der Waals surface area contributed by atoms with Gasteiger partial charge in [0.25, 0.3) is 0 Å². The fourth-order valence-electron chi connectivity index (χ4n) is 4.45. The van der Waals surface area contributed by atoms with Crippen molar-refractivity contribution in [2.75, 3.05) is 31.6 Å². The number of anilines is 1. The minimum absolute atomic E-state index is 0.0853. The Morgan fingerprint density at radius 3 is 2.08 bits per heavy atom. The van der Waals surface area contributed by atoms with Crippen molar-refractivity contribution in [1.29, 1.82) is 0 Å². The Labute approximate surface area is 274 Å². The van der Waals surface area contributed by atoms with Gasteiger partial charge < -0.3 is 24.4 Å². The molecule has 0 unspecified atom stereocenters. The van der Waals surface area contributed by atoms with Crippen LogP contribution in [0.4, 0.5) is 31.5 Å². The highest BCUT2D eigenvalue weighted by Crippen LogP contribution is 2.32. The van der Waals surface area contributed by atoms with Gasteiger partial charge in [-0.25, -0.2) is 13.4 Å².